The molecule has 33 heavy (non-hydrogen) atoms. The zero-order valence-corrected chi connectivity index (χ0v) is 19.4. The Hall–Kier alpha value is -2.62. The fourth-order valence-electron chi connectivity index (χ4n) is 5.13. The zero-order chi connectivity index (χ0) is 23.3. The standard InChI is InChI=1S/C24H32BN4O4/c1-18(2)14-20(25-29(10-12-32-25)11-13-33-25)16-23(30)21(15-19-6-4-3-5-7-19)28-24(31)22-17-26-8-9-27-22/h3-9,17-18,20-21H,10-16H2,1-2H3,(H,28,31)/q-1/t20-,21+/m1/s1. The number of carbonyl (C=O) groups excluding carboxylic acids is 2. The number of hydrogen-bond acceptors (Lipinski definition) is 7. The lowest BCUT2D eigenvalue weighted by Gasteiger charge is -2.44. The van der Waals surface area contributed by atoms with Crippen LogP contribution in [0.5, 0.6) is 0 Å². The number of hydrogen-bond donors (Lipinski definition) is 1. The Kier molecular flexibility index (Phi) is 7.52. The van der Waals surface area contributed by atoms with Gasteiger partial charge < -0.3 is 19.4 Å². The number of Topliss-reactive ketones (excluding diaryl/α,β-unsaturated/α-hetero) is 1. The Balaban J connectivity index is 1.55. The molecule has 8 nitrogen and oxygen atoms in total. The van der Waals surface area contributed by atoms with E-state index in [0.29, 0.717) is 25.6 Å². The predicted molar refractivity (Wildman–Crippen MR) is 125 cm³/mol. The number of nitrogens with one attached hydrogen (secondary N) is 1. The van der Waals surface area contributed by atoms with Crippen molar-refractivity contribution >= 4 is 18.4 Å². The van der Waals surface area contributed by atoms with Crippen molar-refractivity contribution in [3.63, 3.8) is 0 Å². The van der Waals surface area contributed by atoms with Crippen LogP contribution in [0.15, 0.2) is 48.9 Å². The van der Waals surface area contributed by atoms with Gasteiger partial charge in [-0.1, -0.05) is 56.4 Å². The molecule has 1 N–H and O–H groups in total. The molecule has 3 heterocycles. The lowest BCUT2D eigenvalue weighted by atomic mass is 9.53. The van der Waals surface area contributed by atoms with Crippen molar-refractivity contribution in [3.05, 3.63) is 60.2 Å². The molecule has 0 aliphatic carbocycles. The molecule has 1 aromatic carbocycles. The topological polar surface area (TPSA) is 93.7 Å². The summed E-state index contributed by atoms with van der Waals surface area (Å²) in [4.78, 5) is 36.8. The van der Waals surface area contributed by atoms with Gasteiger partial charge in [0.2, 0.25) is 0 Å². The van der Waals surface area contributed by atoms with Gasteiger partial charge in [0.1, 0.15) is 5.69 Å². The second kappa shape index (κ2) is 10.5. The van der Waals surface area contributed by atoms with Crippen LogP contribution in [0.2, 0.25) is 5.82 Å². The van der Waals surface area contributed by atoms with Crippen molar-refractivity contribution in [1.82, 2.24) is 20.1 Å². The number of fused-ring (bicyclic) bond motifs is 1. The maximum atomic E-state index is 13.7. The molecule has 1 amide bonds. The average Bonchev–Trinajstić information content (AvgIpc) is 3.40. The summed E-state index contributed by atoms with van der Waals surface area (Å²) in [7, 11) is 0. The Labute approximate surface area is 195 Å². The molecule has 4 rings (SSSR count). The highest BCUT2D eigenvalue weighted by molar-refractivity contribution is 6.67. The van der Waals surface area contributed by atoms with Crippen LogP contribution < -0.4 is 5.32 Å². The molecule has 2 aromatic rings. The first kappa shape index (κ1) is 23.5. The summed E-state index contributed by atoms with van der Waals surface area (Å²) in [6, 6.07) is 9.04. The van der Waals surface area contributed by atoms with Gasteiger partial charge in [0.25, 0.3) is 5.91 Å². The van der Waals surface area contributed by atoms with E-state index in [-0.39, 0.29) is 23.7 Å². The van der Waals surface area contributed by atoms with Gasteiger partial charge in [-0.3, -0.25) is 14.6 Å². The van der Waals surface area contributed by atoms with Crippen molar-refractivity contribution in [3.8, 4) is 0 Å². The van der Waals surface area contributed by atoms with E-state index in [1.165, 1.54) is 18.6 Å². The van der Waals surface area contributed by atoms with E-state index in [9.17, 15) is 9.59 Å². The molecule has 0 radical (unpaired) electrons. The molecule has 2 aliphatic heterocycles. The summed E-state index contributed by atoms with van der Waals surface area (Å²) in [5, 5.41) is 2.91. The maximum Gasteiger partial charge on any atom is 0.321 e. The van der Waals surface area contributed by atoms with Crippen LogP contribution >= 0.6 is 0 Å². The van der Waals surface area contributed by atoms with Gasteiger partial charge in [-0.25, -0.2) is 4.98 Å². The highest BCUT2D eigenvalue weighted by atomic mass is 16.6. The first-order valence-electron chi connectivity index (χ1n) is 11.8. The minimum atomic E-state index is -1.64. The van der Waals surface area contributed by atoms with Gasteiger partial charge in [0.05, 0.1) is 12.2 Å². The molecule has 2 fully saturated rings. The number of nitrogens with zero attached hydrogens (tertiary/aromatic N) is 3. The van der Waals surface area contributed by atoms with Gasteiger partial charge in [-0.15, -0.1) is 0 Å². The van der Waals surface area contributed by atoms with Crippen molar-refractivity contribution in [2.24, 2.45) is 5.92 Å². The van der Waals surface area contributed by atoms with Crippen LogP contribution in [0, 0.1) is 5.92 Å². The number of benzene rings is 1. The Morgan fingerprint density at radius 1 is 1.12 bits per heavy atom. The highest BCUT2D eigenvalue weighted by Gasteiger charge is 2.48. The van der Waals surface area contributed by atoms with Crippen LogP contribution in [0.25, 0.3) is 0 Å². The molecular formula is C24H32BN4O4-. The summed E-state index contributed by atoms with van der Waals surface area (Å²) in [6.07, 6.45) is 5.89. The maximum absolute atomic E-state index is 13.7. The monoisotopic (exact) mass is 451 g/mol. The van der Waals surface area contributed by atoms with E-state index in [4.69, 9.17) is 9.31 Å². The third-order valence-electron chi connectivity index (χ3n) is 6.58. The van der Waals surface area contributed by atoms with E-state index in [1.807, 2.05) is 30.3 Å². The van der Waals surface area contributed by atoms with Crippen LogP contribution in [0.3, 0.4) is 0 Å². The fraction of sp³-hybridized carbons (Fsp3) is 0.500. The second-order valence-corrected chi connectivity index (χ2v) is 9.37. The molecule has 1 aromatic heterocycles. The minimum absolute atomic E-state index is 0.0241. The molecular weight excluding hydrogens is 419 g/mol. The van der Waals surface area contributed by atoms with E-state index in [2.05, 4.69) is 33.9 Å². The van der Waals surface area contributed by atoms with Crippen LogP contribution in [0.4, 0.5) is 0 Å². The number of rotatable bonds is 10. The van der Waals surface area contributed by atoms with Gasteiger partial charge in [-0.05, 0) is 37.4 Å². The van der Waals surface area contributed by atoms with E-state index >= 15 is 0 Å². The number of aromatic nitrogens is 2. The van der Waals surface area contributed by atoms with Crippen molar-refractivity contribution in [2.45, 2.75) is 45.0 Å². The minimum Gasteiger partial charge on any atom is -0.554 e. The Morgan fingerprint density at radius 3 is 2.48 bits per heavy atom. The van der Waals surface area contributed by atoms with E-state index < -0.39 is 18.6 Å². The molecule has 2 aliphatic rings. The van der Waals surface area contributed by atoms with Gasteiger partial charge in [0, 0.05) is 25.6 Å². The number of carbonyl (C=O) groups is 2. The van der Waals surface area contributed by atoms with E-state index in [1.54, 1.807) is 0 Å². The Bertz CT molecular complexity index is 934. The first-order chi connectivity index (χ1) is 16.0. The SMILES string of the molecule is CC(C)C[C@H](CC(=O)[C@H](Cc1ccccc1)NC(=O)c1cnccn1)[B-]12OCCN1CCO2. The van der Waals surface area contributed by atoms with Crippen molar-refractivity contribution in [2.75, 3.05) is 26.3 Å². The summed E-state index contributed by atoms with van der Waals surface area (Å²) in [6.45, 7) is 5.57. The van der Waals surface area contributed by atoms with Crippen molar-refractivity contribution < 1.29 is 18.9 Å². The van der Waals surface area contributed by atoms with Gasteiger partial charge in [-0.2, -0.15) is 0 Å². The molecule has 0 spiro atoms. The molecule has 2 atom stereocenters. The number of amides is 1. The predicted octanol–water partition coefficient (Wildman–Crippen LogP) is 2.49. The zero-order valence-electron chi connectivity index (χ0n) is 19.4. The van der Waals surface area contributed by atoms with Crippen LogP contribution in [-0.2, 0) is 20.5 Å². The summed E-state index contributed by atoms with van der Waals surface area (Å²) in [5.41, 5.74) is 1.17. The third-order valence-corrected chi connectivity index (χ3v) is 6.58. The third kappa shape index (κ3) is 5.48. The summed E-state index contributed by atoms with van der Waals surface area (Å²) < 4.78 is 12.4. The smallest absolute Gasteiger partial charge is 0.321 e. The second-order valence-electron chi connectivity index (χ2n) is 9.37. The largest absolute Gasteiger partial charge is 0.554 e. The van der Waals surface area contributed by atoms with Crippen LogP contribution in [0.1, 0.15) is 42.7 Å². The van der Waals surface area contributed by atoms with Gasteiger partial charge in [0.15, 0.2) is 5.78 Å². The molecule has 9 heteroatoms. The molecule has 176 valence electrons. The average molecular weight is 451 g/mol. The normalized spacial score (nSPS) is 19.2. The molecule has 2 saturated heterocycles. The molecule has 0 saturated carbocycles. The molecule has 0 unspecified atom stereocenters. The lowest BCUT2D eigenvalue weighted by Crippen LogP contribution is -2.53. The van der Waals surface area contributed by atoms with Crippen LogP contribution in [-0.4, -0.2) is 65.5 Å². The van der Waals surface area contributed by atoms with E-state index in [0.717, 1.165) is 25.1 Å². The summed E-state index contributed by atoms with van der Waals surface area (Å²) in [5.74, 6) is -0.105. The quantitative estimate of drug-likeness (QED) is 0.555. The van der Waals surface area contributed by atoms with Crippen molar-refractivity contribution in [1.29, 1.82) is 0 Å². The Morgan fingerprint density at radius 2 is 1.85 bits per heavy atom. The highest BCUT2D eigenvalue weighted by Crippen LogP contribution is 2.41. The summed E-state index contributed by atoms with van der Waals surface area (Å²) >= 11 is 0. The number of ketones is 1. The lowest BCUT2D eigenvalue weighted by molar-refractivity contribution is -0.121. The first-order valence-corrected chi connectivity index (χ1v) is 11.8. The molecule has 0 bridgehead atoms. The fourth-order valence-corrected chi connectivity index (χ4v) is 5.13. The van der Waals surface area contributed by atoms with Gasteiger partial charge >= 0.3 is 6.69 Å².